The van der Waals surface area contributed by atoms with Crippen LogP contribution in [0.1, 0.15) is 24.8 Å². The molecule has 2 rings (SSSR count). The number of aliphatic carboxylic acids is 1. The second-order valence-corrected chi connectivity index (χ2v) is 5.12. The SMILES string of the molecule is COc1ccc(CC(CC(=O)O)NC2CC2)c(OC)c1. The Hall–Kier alpha value is -1.75. The lowest BCUT2D eigenvalue weighted by atomic mass is 10.0. The van der Waals surface area contributed by atoms with Crippen LogP contribution in [0.5, 0.6) is 11.5 Å². The van der Waals surface area contributed by atoms with Crippen molar-refractivity contribution in [1.82, 2.24) is 5.32 Å². The lowest BCUT2D eigenvalue weighted by Crippen LogP contribution is -2.35. The van der Waals surface area contributed by atoms with Crippen LogP contribution in [0.3, 0.4) is 0 Å². The number of carboxylic acid groups (broad SMARTS) is 1. The Morgan fingerprint density at radius 1 is 1.40 bits per heavy atom. The first-order chi connectivity index (χ1) is 9.62. The summed E-state index contributed by atoms with van der Waals surface area (Å²) in [5.74, 6) is 0.684. The number of rotatable bonds is 8. The molecule has 0 heterocycles. The molecule has 0 aliphatic heterocycles. The summed E-state index contributed by atoms with van der Waals surface area (Å²) in [5, 5.41) is 12.4. The maximum atomic E-state index is 11.0. The molecule has 1 aromatic carbocycles. The molecule has 5 nitrogen and oxygen atoms in total. The number of carbonyl (C=O) groups is 1. The van der Waals surface area contributed by atoms with Gasteiger partial charge in [-0.05, 0) is 30.9 Å². The molecule has 0 saturated heterocycles. The normalized spacial score (nSPS) is 15.7. The summed E-state index contributed by atoms with van der Waals surface area (Å²) >= 11 is 0. The largest absolute Gasteiger partial charge is 0.497 e. The molecule has 20 heavy (non-hydrogen) atoms. The van der Waals surface area contributed by atoms with Crippen LogP contribution in [0.2, 0.25) is 0 Å². The zero-order valence-electron chi connectivity index (χ0n) is 11.9. The molecular weight excluding hydrogens is 258 g/mol. The molecule has 1 aromatic rings. The molecule has 5 heteroatoms. The monoisotopic (exact) mass is 279 g/mol. The zero-order chi connectivity index (χ0) is 14.5. The van der Waals surface area contributed by atoms with Crippen molar-refractivity contribution in [3.05, 3.63) is 23.8 Å². The number of carboxylic acids is 1. The van der Waals surface area contributed by atoms with E-state index in [2.05, 4.69) is 5.32 Å². The van der Waals surface area contributed by atoms with E-state index in [-0.39, 0.29) is 12.5 Å². The average Bonchev–Trinajstić information content (AvgIpc) is 3.22. The number of hydrogen-bond donors (Lipinski definition) is 2. The Balaban J connectivity index is 2.09. The molecule has 0 spiro atoms. The van der Waals surface area contributed by atoms with E-state index in [0.717, 1.165) is 29.9 Å². The van der Waals surface area contributed by atoms with Crippen LogP contribution in [-0.2, 0) is 11.2 Å². The summed E-state index contributed by atoms with van der Waals surface area (Å²) in [6.45, 7) is 0. The Bertz CT molecular complexity index is 471. The molecule has 1 aliphatic rings. The number of ether oxygens (including phenoxy) is 2. The van der Waals surface area contributed by atoms with E-state index >= 15 is 0 Å². The fraction of sp³-hybridized carbons (Fsp3) is 0.533. The summed E-state index contributed by atoms with van der Waals surface area (Å²) in [6.07, 6.45) is 3.02. The van der Waals surface area contributed by atoms with Crippen molar-refractivity contribution in [2.45, 2.75) is 37.8 Å². The van der Waals surface area contributed by atoms with Crippen LogP contribution in [0, 0.1) is 0 Å². The van der Waals surface area contributed by atoms with Gasteiger partial charge in [0.15, 0.2) is 0 Å². The van der Waals surface area contributed by atoms with Crippen molar-refractivity contribution in [2.75, 3.05) is 14.2 Å². The third kappa shape index (κ3) is 4.13. The molecule has 0 radical (unpaired) electrons. The van der Waals surface area contributed by atoms with Crippen molar-refractivity contribution in [2.24, 2.45) is 0 Å². The molecule has 110 valence electrons. The maximum Gasteiger partial charge on any atom is 0.304 e. The second kappa shape index (κ2) is 6.61. The highest BCUT2D eigenvalue weighted by molar-refractivity contribution is 5.67. The standard InChI is InChI=1S/C15H21NO4/c1-19-13-6-3-10(14(9-13)20-2)7-12(8-15(17)18)16-11-4-5-11/h3,6,9,11-12,16H,4-5,7-8H2,1-2H3,(H,17,18). The fourth-order valence-electron chi connectivity index (χ4n) is 2.27. The molecule has 1 atom stereocenters. The molecule has 1 fully saturated rings. The van der Waals surface area contributed by atoms with Gasteiger partial charge in [-0.2, -0.15) is 0 Å². The zero-order valence-corrected chi connectivity index (χ0v) is 11.9. The van der Waals surface area contributed by atoms with Gasteiger partial charge in [-0.15, -0.1) is 0 Å². The van der Waals surface area contributed by atoms with E-state index in [1.807, 2.05) is 18.2 Å². The van der Waals surface area contributed by atoms with Gasteiger partial charge in [0.05, 0.1) is 20.6 Å². The highest BCUT2D eigenvalue weighted by Crippen LogP contribution is 2.27. The third-order valence-electron chi connectivity index (χ3n) is 3.43. The van der Waals surface area contributed by atoms with Crippen molar-refractivity contribution in [3.63, 3.8) is 0 Å². The molecular formula is C15H21NO4. The van der Waals surface area contributed by atoms with Gasteiger partial charge < -0.3 is 19.9 Å². The minimum atomic E-state index is -0.782. The van der Waals surface area contributed by atoms with Gasteiger partial charge in [-0.25, -0.2) is 0 Å². The molecule has 1 unspecified atom stereocenters. The van der Waals surface area contributed by atoms with E-state index in [1.165, 1.54) is 0 Å². The van der Waals surface area contributed by atoms with Crippen LogP contribution < -0.4 is 14.8 Å². The minimum Gasteiger partial charge on any atom is -0.497 e. The van der Waals surface area contributed by atoms with Gasteiger partial charge in [0.25, 0.3) is 0 Å². The smallest absolute Gasteiger partial charge is 0.304 e. The lowest BCUT2D eigenvalue weighted by molar-refractivity contribution is -0.137. The summed E-state index contributed by atoms with van der Waals surface area (Å²) in [5.41, 5.74) is 0.993. The van der Waals surface area contributed by atoms with E-state index in [0.29, 0.717) is 12.5 Å². The first-order valence-electron chi connectivity index (χ1n) is 6.81. The van der Waals surface area contributed by atoms with E-state index in [1.54, 1.807) is 14.2 Å². The van der Waals surface area contributed by atoms with Crippen molar-refractivity contribution in [1.29, 1.82) is 0 Å². The van der Waals surface area contributed by atoms with E-state index < -0.39 is 5.97 Å². The van der Waals surface area contributed by atoms with Crippen LogP contribution >= 0.6 is 0 Å². The highest BCUT2D eigenvalue weighted by Gasteiger charge is 2.26. The van der Waals surface area contributed by atoms with E-state index in [4.69, 9.17) is 14.6 Å². The van der Waals surface area contributed by atoms with Gasteiger partial charge in [-0.3, -0.25) is 4.79 Å². The summed E-state index contributed by atoms with van der Waals surface area (Å²) in [6, 6.07) is 6.03. The van der Waals surface area contributed by atoms with Gasteiger partial charge in [0.2, 0.25) is 0 Å². The molecule has 0 amide bonds. The fourth-order valence-corrected chi connectivity index (χ4v) is 2.27. The lowest BCUT2D eigenvalue weighted by Gasteiger charge is -2.18. The van der Waals surface area contributed by atoms with Crippen LogP contribution in [0.4, 0.5) is 0 Å². The Labute approximate surface area is 118 Å². The predicted molar refractivity (Wildman–Crippen MR) is 75.4 cm³/mol. The van der Waals surface area contributed by atoms with Crippen LogP contribution in [0.15, 0.2) is 18.2 Å². The molecule has 1 saturated carbocycles. The van der Waals surface area contributed by atoms with Gasteiger partial charge in [-0.1, -0.05) is 6.07 Å². The summed E-state index contributed by atoms with van der Waals surface area (Å²) in [4.78, 5) is 11.0. The summed E-state index contributed by atoms with van der Waals surface area (Å²) < 4.78 is 10.5. The maximum absolute atomic E-state index is 11.0. The Kier molecular flexibility index (Phi) is 4.84. The highest BCUT2D eigenvalue weighted by atomic mass is 16.5. The molecule has 0 aromatic heterocycles. The van der Waals surface area contributed by atoms with Gasteiger partial charge >= 0.3 is 5.97 Å². The van der Waals surface area contributed by atoms with Crippen molar-refractivity contribution < 1.29 is 19.4 Å². The Morgan fingerprint density at radius 3 is 2.70 bits per heavy atom. The molecule has 1 aliphatic carbocycles. The molecule has 2 N–H and O–H groups in total. The minimum absolute atomic E-state index is 0.0673. The average molecular weight is 279 g/mol. The first-order valence-corrected chi connectivity index (χ1v) is 6.81. The second-order valence-electron chi connectivity index (χ2n) is 5.12. The third-order valence-corrected chi connectivity index (χ3v) is 3.43. The van der Waals surface area contributed by atoms with E-state index in [9.17, 15) is 4.79 Å². The van der Waals surface area contributed by atoms with Gasteiger partial charge in [0.1, 0.15) is 11.5 Å². The predicted octanol–water partition coefficient (Wildman–Crippen LogP) is 1.84. The number of hydrogen-bond acceptors (Lipinski definition) is 4. The quantitative estimate of drug-likeness (QED) is 0.760. The van der Waals surface area contributed by atoms with Crippen molar-refractivity contribution in [3.8, 4) is 11.5 Å². The van der Waals surface area contributed by atoms with Crippen LogP contribution in [-0.4, -0.2) is 37.4 Å². The van der Waals surface area contributed by atoms with Gasteiger partial charge in [0, 0.05) is 18.2 Å². The van der Waals surface area contributed by atoms with Crippen LogP contribution in [0.25, 0.3) is 0 Å². The van der Waals surface area contributed by atoms with Crippen molar-refractivity contribution >= 4 is 5.97 Å². The molecule has 0 bridgehead atoms. The topological polar surface area (TPSA) is 67.8 Å². The number of nitrogens with one attached hydrogen (secondary N) is 1. The number of methoxy groups -OCH3 is 2. The Morgan fingerprint density at radius 2 is 2.15 bits per heavy atom. The summed E-state index contributed by atoms with van der Waals surface area (Å²) in [7, 11) is 3.22. The first kappa shape index (κ1) is 14.7. The number of benzene rings is 1.